The van der Waals surface area contributed by atoms with Gasteiger partial charge in [-0.15, -0.1) is 5.54 Å². The quantitative estimate of drug-likeness (QED) is 0.486. The molecule has 0 unspecified atom stereocenters. The summed E-state index contributed by atoms with van der Waals surface area (Å²) < 4.78 is 0. The fourth-order valence-corrected chi connectivity index (χ4v) is 1.37. The van der Waals surface area contributed by atoms with Gasteiger partial charge in [0.1, 0.15) is 8.07 Å². The van der Waals surface area contributed by atoms with Gasteiger partial charge in [-0.1, -0.05) is 39.8 Å². The van der Waals surface area contributed by atoms with Crippen LogP contribution >= 0.6 is 0 Å². The Bertz CT molecular complexity index is 312. The Balaban J connectivity index is 4.46. The zero-order valence-corrected chi connectivity index (χ0v) is 12.2. The van der Waals surface area contributed by atoms with E-state index in [4.69, 9.17) is 0 Å². The third kappa shape index (κ3) is 5.67. The van der Waals surface area contributed by atoms with E-state index in [1.54, 1.807) is 0 Å². The van der Waals surface area contributed by atoms with Crippen molar-refractivity contribution in [3.8, 4) is 23.3 Å². The lowest BCUT2D eigenvalue weighted by Crippen LogP contribution is -2.35. The number of hydrogen-bond donors (Lipinski definition) is 0. The van der Waals surface area contributed by atoms with Gasteiger partial charge < -0.3 is 0 Å². The van der Waals surface area contributed by atoms with E-state index in [0.717, 1.165) is 6.54 Å². The fourth-order valence-electron chi connectivity index (χ4n) is 0.617. The van der Waals surface area contributed by atoms with Gasteiger partial charge in [0.2, 0.25) is 0 Å². The topological polar surface area (TPSA) is 3.24 Å². The molecule has 2 heteroatoms. The van der Waals surface area contributed by atoms with Crippen LogP contribution in [0.4, 0.5) is 0 Å². The summed E-state index contributed by atoms with van der Waals surface area (Å²) in [5.74, 6) is 8.97. The van der Waals surface area contributed by atoms with Gasteiger partial charge in [-0.05, 0) is 31.0 Å². The molecule has 0 aliphatic heterocycles. The van der Waals surface area contributed by atoms with E-state index < -0.39 is 8.07 Å². The highest BCUT2D eigenvalue weighted by Gasteiger charge is 2.33. The van der Waals surface area contributed by atoms with E-state index in [2.05, 4.69) is 57.2 Å². The van der Waals surface area contributed by atoms with Crippen molar-refractivity contribution in [1.29, 1.82) is 0 Å². The van der Waals surface area contributed by atoms with Gasteiger partial charge in [0.05, 0.1) is 6.54 Å². The molecule has 0 aromatic heterocycles. The molecule has 0 aliphatic carbocycles. The average Bonchev–Trinajstić information content (AvgIpc) is 2.00. The van der Waals surface area contributed by atoms with E-state index >= 15 is 0 Å². The maximum Gasteiger partial charge on any atom is 0.139 e. The highest BCUT2D eigenvalue weighted by molar-refractivity contribution is 6.87. The van der Waals surface area contributed by atoms with Crippen molar-refractivity contribution in [1.82, 2.24) is 4.90 Å². The van der Waals surface area contributed by atoms with E-state index in [9.17, 15) is 0 Å². The summed E-state index contributed by atoms with van der Waals surface area (Å²) in [4.78, 5) is 2.04. The Kier molecular flexibility index (Phi) is 5.15. The smallest absolute Gasteiger partial charge is 0.139 e. The van der Waals surface area contributed by atoms with Crippen LogP contribution in [0.2, 0.25) is 18.1 Å². The van der Waals surface area contributed by atoms with Crippen molar-refractivity contribution >= 4 is 8.07 Å². The highest BCUT2D eigenvalue weighted by atomic mass is 28.3. The van der Waals surface area contributed by atoms with Gasteiger partial charge in [0.15, 0.2) is 0 Å². The van der Waals surface area contributed by atoms with E-state index in [1.807, 2.05) is 19.0 Å². The lowest BCUT2D eigenvalue weighted by molar-refractivity contribution is 0.464. The summed E-state index contributed by atoms with van der Waals surface area (Å²) in [6, 6.07) is 0. The molecule has 0 fully saturated rings. The van der Waals surface area contributed by atoms with E-state index in [1.165, 1.54) is 0 Å². The molecule has 0 rings (SSSR count). The number of rotatable bonds is 1. The summed E-state index contributed by atoms with van der Waals surface area (Å²) in [6.45, 7) is 12.2. The van der Waals surface area contributed by atoms with Crippen molar-refractivity contribution in [2.45, 2.75) is 38.9 Å². The Labute approximate surface area is 96.3 Å². The summed E-state index contributed by atoms with van der Waals surface area (Å²) in [5.41, 5.74) is 3.37. The molecule has 0 heterocycles. The van der Waals surface area contributed by atoms with Gasteiger partial charge in [0, 0.05) is 0 Å². The third-order valence-corrected chi connectivity index (χ3v) is 7.30. The molecule has 0 aliphatic rings. The second-order valence-corrected chi connectivity index (χ2v) is 10.7. The monoisotopic (exact) mass is 221 g/mol. The zero-order chi connectivity index (χ0) is 12.1. The minimum atomic E-state index is -1.46. The lowest BCUT2D eigenvalue weighted by Gasteiger charge is -2.31. The van der Waals surface area contributed by atoms with E-state index in [-0.39, 0.29) is 0 Å². The molecular weight excluding hydrogens is 198 g/mol. The van der Waals surface area contributed by atoms with Gasteiger partial charge >= 0.3 is 0 Å². The van der Waals surface area contributed by atoms with Crippen LogP contribution in [0.1, 0.15) is 20.8 Å². The SMILES string of the molecule is CN(C)CC#CC#C[Si](C)(C)C(C)(C)C. The van der Waals surface area contributed by atoms with Gasteiger partial charge in [-0.3, -0.25) is 4.90 Å². The third-order valence-electron chi connectivity index (χ3n) is 2.80. The van der Waals surface area contributed by atoms with Crippen LogP contribution in [0.5, 0.6) is 0 Å². The van der Waals surface area contributed by atoms with Crippen molar-refractivity contribution in [2.24, 2.45) is 0 Å². The standard InChI is InChI=1S/C13H23NSi/c1-13(2,3)15(6,7)12-10-8-9-11-14(4)5/h11H2,1-7H3. The van der Waals surface area contributed by atoms with E-state index in [0.29, 0.717) is 5.04 Å². The van der Waals surface area contributed by atoms with Crippen molar-refractivity contribution < 1.29 is 0 Å². The summed E-state index contributed by atoms with van der Waals surface area (Å²) in [7, 11) is 2.56. The molecule has 15 heavy (non-hydrogen) atoms. The van der Waals surface area contributed by atoms with Crippen LogP contribution in [0.25, 0.3) is 0 Å². The van der Waals surface area contributed by atoms with Crippen LogP contribution in [0.3, 0.4) is 0 Å². The molecule has 0 saturated carbocycles. The van der Waals surface area contributed by atoms with Crippen molar-refractivity contribution in [2.75, 3.05) is 20.6 Å². The maximum atomic E-state index is 3.37. The van der Waals surface area contributed by atoms with Crippen molar-refractivity contribution in [3.05, 3.63) is 0 Å². The van der Waals surface area contributed by atoms with Crippen LogP contribution in [0.15, 0.2) is 0 Å². The molecule has 1 nitrogen and oxygen atoms in total. The average molecular weight is 221 g/mol. The van der Waals surface area contributed by atoms with Crippen LogP contribution in [-0.4, -0.2) is 33.6 Å². The van der Waals surface area contributed by atoms with Gasteiger partial charge in [0.25, 0.3) is 0 Å². The molecule has 0 amide bonds. The molecule has 0 N–H and O–H groups in total. The first-order valence-corrected chi connectivity index (χ1v) is 8.31. The number of nitrogens with zero attached hydrogens (tertiary/aromatic N) is 1. The Hall–Kier alpha value is -0.703. The molecule has 0 spiro atoms. The van der Waals surface area contributed by atoms with Crippen LogP contribution in [0, 0.1) is 23.3 Å². The Morgan fingerprint density at radius 3 is 2.00 bits per heavy atom. The minimum absolute atomic E-state index is 0.323. The zero-order valence-electron chi connectivity index (χ0n) is 11.2. The molecule has 0 radical (unpaired) electrons. The molecule has 0 atom stereocenters. The molecule has 0 aromatic rings. The molecule has 0 bridgehead atoms. The second-order valence-electron chi connectivity index (χ2n) is 5.66. The molecular formula is C13H23NSi. The summed E-state index contributed by atoms with van der Waals surface area (Å²) >= 11 is 0. The van der Waals surface area contributed by atoms with Crippen LogP contribution in [-0.2, 0) is 0 Å². The predicted octanol–water partition coefficient (Wildman–Crippen LogP) is 2.60. The first kappa shape index (κ1) is 14.3. The molecule has 0 saturated heterocycles. The maximum absolute atomic E-state index is 3.37. The Morgan fingerprint density at radius 1 is 1.07 bits per heavy atom. The van der Waals surface area contributed by atoms with Gasteiger partial charge in [-0.2, -0.15) is 0 Å². The van der Waals surface area contributed by atoms with Gasteiger partial charge in [-0.25, -0.2) is 0 Å². The normalized spacial score (nSPS) is 11.5. The lowest BCUT2D eigenvalue weighted by atomic mass is 10.2. The van der Waals surface area contributed by atoms with Crippen molar-refractivity contribution in [3.63, 3.8) is 0 Å². The predicted molar refractivity (Wildman–Crippen MR) is 71.3 cm³/mol. The van der Waals surface area contributed by atoms with Crippen LogP contribution < -0.4 is 0 Å². The first-order chi connectivity index (χ1) is 6.67. The molecule has 0 aromatic carbocycles. The molecule has 84 valence electrons. The first-order valence-electron chi connectivity index (χ1n) is 5.31. The fraction of sp³-hybridized carbons (Fsp3) is 0.692. The minimum Gasteiger partial charge on any atom is -0.298 e. The summed E-state index contributed by atoms with van der Waals surface area (Å²) in [6.07, 6.45) is 0. The second kappa shape index (κ2) is 5.40. The Morgan fingerprint density at radius 2 is 1.60 bits per heavy atom. The largest absolute Gasteiger partial charge is 0.298 e. The number of hydrogen-bond acceptors (Lipinski definition) is 1. The summed E-state index contributed by atoms with van der Waals surface area (Å²) in [5, 5.41) is 0.323. The highest BCUT2D eigenvalue weighted by Crippen LogP contribution is 2.34.